The van der Waals surface area contributed by atoms with Gasteiger partial charge in [-0.05, 0) is 13.0 Å². The zero-order valence-electron chi connectivity index (χ0n) is 6.72. The van der Waals surface area contributed by atoms with Gasteiger partial charge in [0.1, 0.15) is 5.76 Å². The van der Waals surface area contributed by atoms with Crippen molar-refractivity contribution in [3.8, 4) is 0 Å². The van der Waals surface area contributed by atoms with Gasteiger partial charge in [-0.2, -0.15) is 0 Å². The highest BCUT2D eigenvalue weighted by Gasteiger charge is 1.95. The van der Waals surface area contributed by atoms with E-state index in [1.165, 1.54) is 0 Å². The smallest absolute Gasteiger partial charge is 0.139 e. The Kier molecular flexibility index (Phi) is 4.29. The topological polar surface area (TPSA) is 21.6 Å². The van der Waals surface area contributed by atoms with Crippen molar-refractivity contribution in [2.45, 2.75) is 6.92 Å². The Morgan fingerprint density at radius 2 is 2.20 bits per heavy atom. The highest BCUT2D eigenvalue weighted by molar-refractivity contribution is 5.96. The minimum Gasteiger partial charge on any atom is -0.495 e. The van der Waals surface area contributed by atoms with Crippen LogP contribution in [0, 0.1) is 0 Å². The molecular weight excluding hydrogens is 126 g/mol. The van der Waals surface area contributed by atoms with Crippen molar-refractivity contribution in [2.75, 3.05) is 14.2 Å². The van der Waals surface area contributed by atoms with Gasteiger partial charge in [-0.3, -0.25) is 4.99 Å². The summed E-state index contributed by atoms with van der Waals surface area (Å²) in [4.78, 5) is 3.95. The van der Waals surface area contributed by atoms with E-state index < -0.39 is 0 Å². The summed E-state index contributed by atoms with van der Waals surface area (Å²) in [6, 6.07) is 0. The number of methoxy groups -OCH3 is 1. The van der Waals surface area contributed by atoms with Crippen molar-refractivity contribution in [2.24, 2.45) is 4.99 Å². The van der Waals surface area contributed by atoms with Gasteiger partial charge in [0.15, 0.2) is 0 Å². The first-order chi connectivity index (χ1) is 4.76. The summed E-state index contributed by atoms with van der Waals surface area (Å²) < 4.78 is 5.00. The Labute approximate surface area is 61.9 Å². The van der Waals surface area contributed by atoms with Gasteiger partial charge in [-0.15, -0.1) is 0 Å². The predicted molar refractivity (Wildman–Crippen MR) is 44.3 cm³/mol. The molecule has 2 heteroatoms. The van der Waals surface area contributed by atoms with Crippen LogP contribution < -0.4 is 0 Å². The molecule has 0 aromatic rings. The van der Waals surface area contributed by atoms with Crippen LogP contribution >= 0.6 is 0 Å². The normalized spacial score (nSPS) is 13.1. The molecule has 10 heavy (non-hydrogen) atoms. The lowest BCUT2D eigenvalue weighted by atomic mass is 10.3. The van der Waals surface area contributed by atoms with Crippen molar-refractivity contribution in [1.82, 2.24) is 0 Å². The van der Waals surface area contributed by atoms with Crippen LogP contribution in [0.3, 0.4) is 0 Å². The lowest BCUT2D eigenvalue weighted by Gasteiger charge is -2.02. The van der Waals surface area contributed by atoms with E-state index in [1.807, 2.05) is 6.92 Å². The van der Waals surface area contributed by atoms with E-state index in [4.69, 9.17) is 4.74 Å². The molecule has 0 saturated carbocycles. The summed E-state index contributed by atoms with van der Waals surface area (Å²) in [6.07, 6.45) is 3.45. The van der Waals surface area contributed by atoms with Gasteiger partial charge in [0, 0.05) is 7.05 Å². The molecule has 0 fully saturated rings. The summed E-state index contributed by atoms with van der Waals surface area (Å²) in [7, 11) is 3.34. The Morgan fingerprint density at radius 3 is 2.50 bits per heavy atom. The Bertz CT molecular complexity index is 168. The van der Waals surface area contributed by atoms with Gasteiger partial charge in [0.2, 0.25) is 0 Å². The molecular formula is C8H13NO. The molecule has 0 unspecified atom stereocenters. The lowest BCUT2D eigenvalue weighted by Crippen LogP contribution is -1.98. The highest BCUT2D eigenvalue weighted by atomic mass is 16.5. The van der Waals surface area contributed by atoms with Crippen LogP contribution in [0.15, 0.2) is 29.5 Å². The largest absolute Gasteiger partial charge is 0.495 e. The second kappa shape index (κ2) is 4.79. The van der Waals surface area contributed by atoms with Crippen molar-refractivity contribution in [3.05, 3.63) is 24.5 Å². The van der Waals surface area contributed by atoms with Gasteiger partial charge in [0.05, 0.1) is 12.8 Å². The molecule has 0 atom stereocenters. The predicted octanol–water partition coefficient (Wildman–Crippen LogP) is 1.79. The molecule has 56 valence electrons. The maximum Gasteiger partial charge on any atom is 0.139 e. The molecule has 0 aliphatic heterocycles. The zero-order valence-corrected chi connectivity index (χ0v) is 6.72. The third-order valence-electron chi connectivity index (χ3n) is 1.18. The van der Waals surface area contributed by atoms with Crippen LogP contribution in [0.2, 0.25) is 0 Å². The van der Waals surface area contributed by atoms with Crippen molar-refractivity contribution >= 4 is 5.71 Å². The number of hydrogen-bond acceptors (Lipinski definition) is 2. The molecule has 0 radical (unpaired) electrons. The summed E-state index contributed by atoms with van der Waals surface area (Å²) in [5, 5.41) is 0. The third-order valence-corrected chi connectivity index (χ3v) is 1.18. The van der Waals surface area contributed by atoms with Crippen LogP contribution in [0.4, 0.5) is 0 Å². The molecule has 0 spiro atoms. The fourth-order valence-electron chi connectivity index (χ4n) is 0.554. The van der Waals surface area contributed by atoms with Crippen LogP contribution in [0.1, 0.15) is 6.92 Å². The van der Waals surface area contributed by atoms with Gasteiger partial charge >= 0.3 is 0 Å². The van der Waals surface area contributed by atoms with E-state index in [1.54, 1.807) is 26.3 Å². The minimum absolute atomic E-state index is 0.762. The number of nitrogens with zero attached hydrogens (tertiary/aromatic N) is 1. The SMILES string of the molecule is C=C/C=C(/OC)C(C)=NC. The monoisotopic (exact) mass is 139 g/mol. The molecule has 0 saturated heterocycles. The molecule has 0 amide bonds. The van der Waals surface area contributed by atoms with E-state index in [0.717, 1.165) is 11.5 Å². The molecule has 0 aromatic heterocycles. The van der Waals surface area contributed by atoms with Gasteiger partial charge in [-0.1, -0.05) is 12.7 Å². The first-order valence-corrected chi connectivity index (χ1v) is 3.06. The average molecular weight is 139 g/mol. The standard InChI is InChI=1S/C8H13NO/c1-5-6-8(10-4)7(2)9-3/h5-6H,1H2,2-4H3/b8-6+,9-7?. The Balaban J connectivity index is 4.35. The molecule has 0 heterocycles. The number of allylic oxidation sites excluding steroid dienone is 3. The summed E-state index contributed by atoms with van der Waals surface area (Å²) in [5.74, 6) is 0.762. The number of rotatable bonds is 3. The second-order valence-electron chi connectivity index (χ2n) is 1.78. The first kappa shape index (κ1) is 8.95. The molecule has 0 aliphatic carbocycles. The van der Waals surface area contributed by atoms with E-state index in [0.29, 0.717) is 0 Å². The molecule has 0 N–H and O–H groups in total. The van der Waals surface area contributed by atoms with Crippen molar-refractivity contribution in [3.63, 3.8) is 0 Å². The van der Waals surface area contributed by atoms with Crippen LogP contribution in [0.25, 0.3) is 0 Å². The highest BCUT2D eigenvalue weighted by Crippen LogP contribution is 1.98. The molecule has 0 aliphatic rings. The van der Waals surface area contributed by atoms with Crippen LogP contribution in [-0.2, 0) is 4.74 Å². The quantitative estimate of drug-likeness (QED) is 0.332. The maximum absolute atomic E-state index is 5.00. The molecule has 2 nitrogen and oxygen atoms in total. The van der Waals surface area contributed by atoms with E-state index in [2.05, 4.69) is 11.6 Å². The van der Waals surface area contributed by atoms with Crippen molar-refractivity contribution < 1.29 is 4.74 Å². The van der Waals surface area contributed by atoms with Gasteiger partial charge in [-0.25, -0.2) is 0 Å². The number of aliphatic imine (C=N–C) groups is 1. The van der Waals surface area contributed by atoms with E-state index >= 15 is 0 Å². The van der Waals surface area contributed by atoms with E-state index in [9.17, 15) is 0 Å². The molecule has 0 rings (SSSR count). The fourth-order valence-corrected chi connectivity index (χ4v) is 0.554. The van der Waals surface area contributed by atoms with Gasteiger partial charge in [0.25, 0.3) is 0 Å². The average Bonchev–Trinajstić information content (AvgIpc) is 1.99. The zero-order chi connectivity index (χ0) is 7.98. The van der Waals surface area contributed by atoms with Gasteiger partial charge < -0.3 is 4.74 Å². The Hall–Kier alpha value is -1.05. The summed E-state index contributed by atoms with van der Waals surface area (Å²) >= 11 is 0. The summed E-state index contributed by atoms with van der Waals surface area (Å²) in [6.45, 7) is 5.44. The van der Waals surface area contributed by atoms with E-state index in [-0.39, 0.29) is 0 Å². The van der Waals surface area contributed by atoms with Crippen LogP contribution in [-0.4, -0.2) is 19.9 Å². The minimum atomic E-state index is 0.762. The summed E-state index contributed by atoms with van der Waals surface area (Å²) in [5.41, 5.74) is 0.877. The Morgan fingerprint density at radius 1 is 1.60 bits per heavy atom. The number of hydrogen-bond donors (Lipinski definition) is 0. The maximum atomic E-state index is 5.00. The fraction of sp³-hybridized carbons (Fsp3) is 0.375. The number of ether oxygens (including phenoxy) is 1. The lowest BCUT2D eigenvalue weighted by molar-refractivity contribution is 0.314. The second-order valence-corrected chi connectivity index (χ2v) is 1.78. The third kappa shape index (κ3) is 2.49. The molecule has 0 aromatic carbocycles. The van der Waals surface area contributed by atoms with Crippen molar-refractivity contribution in [1.29, 1.82) is 0 Å². The first-order valence-electron chi connectivity index (χ1n) is 3.06. The molecule has 0 bridgehead atoms. The van der Waals surface area contributed by atoms with Crippen LogP contribution in [0.5, 0.6) is 0 Å².